The third-order valence-electron chi connectivity index (χ3n) is 3.54. The van der Waals surface area contributed by atoms with E-state index in [9.17, 15) is 4.79 Å². The Kier molecular flexibility index (Phi) is 3.98. The van der Waals surface area contributed by atoms with Crippen LogP contribution in [0.25, 0.3) is 0 Å². The first-order chi connectivity index (χ1) is 8.95. The van der Waals surface area contributed by atoms with Gasteiger partial charge in [0.15, 0.2) is 0 Å². The monoisotopic (exact) mass is 261 g/mol. The van der Waals surface area contributed by atoms with Crippen molar-refractivity contribution in [1.82, 2.24) is 0 Å². The molecule has 1 amide bonds. The molecule has 0 saturated carbocycles. The van der Waals surface area contributed by atoms with Crippen molar-refractivity contribution in [2.24, 2.45) is 11.8 Å². The van der Waals surface area contributed by atoms with Gasteiger partial charge in [-0.1, -0.05) is 13.8 Å². The van der Waals surface area contributed by atoms with E-state index in [4.69, 9.17) is 5.73 Å². The van der Waals surface area contributed by atoms with Crippen LogP contribution in [-0.4, -0.2) is 19.0 Å². The summed E-state index contributed by atoms with van der Waals surface area (Å²) >= 11 is 0. The quantitative estimate of drug-likeness (QED) is 0.805. The fourth-order valence-electron chi connectivity index (χ4n) is 2.98. The molecule has 3 N–H and O–H groups in total. The van der Waals surface area contributed by atoms with Crippen molar-refractivity contribution in [3.05, 3.63) is 18.2 Å². The van der Waals surface area contributed by atoms with Crippen molar-refractivity contribution in [2.75, 3.05) is 29.0 Å². The number of anilines is 3. The van der Waals surface area contributed by atoms with Crippen LogP contribution in [0.2, 0.25) is 0 Å². The van der Waals surface area contributed by atoms with Crippen molar-refractivity contribution in [2.45, 2.75) is 27.2 Å². The molecule has 2 atom stereocenters. The van der Waals surface area contributed by atoms with Crippen LogP contribution in [0.1, 0.15) is 27.2 Å². The van der Waals surface area contributed by atoms with Crippen LogP contribution in [0.15, 0.2) is 18.2 Å². The molecule has 4 nitrogen and oxygen atoms in total. The second kappa shape index (κ2) is 5.51. The van der Waals surface area contributed by atoms with Gasteiger partial charge < -0.3 is 16.0 Å². The fourth-order valence-corrected chi connectivity index (χ4v) is 2.98. The molecule has 1 aliphatic heterocycles. The highest BCUT2D eigenvalue weighted by atomic mass is 16.1. The van der Waals surface area contributed by atoms with Gasteiger partial charge in [0, 0.05) is 25.7 Å². The summed E-state index contributed by atoms with van der Waals surface area (Å²) in [6.07, 6.45) is 1.26. The van der Waals surface area contributed by atoms with Gasteiger partial charge in [-0.05, 0) is 36.5 Å². The van der Waals surface area contributed by atoms with Crippen LogP contribution in [0.3, 0.4) is 0 Å². The molecule has 0 aromatic heterocycles. The smallest absolute Gasteiger partial charge is 0.221 e. The third kappa shape index (κ3) is 3.40. The lowest BCUT2D eigenvalue weighted by Gasteiger charge is -2.37. The van der Waals surface area contributed by atoms with Crippen LogP contribution >= 0.6 is 0 Å². The van der Waals surface area contributed by atoms with Crippen LogP contribution in [-0.2, 0) is 4.79 Å². The number of amides is 1. The van der Waals surface area contributed by atoms with Crippen molar-refractivity contribution < 1.29 is 4.79 Å². The summed E-state index contributed by atoms with van der Waals surface area (Å²) < 4.78 is 0. The molecule has 1 heterocycles. The van der Waals surface area contributed by atoms with E-state index in [-0.39, 0.29) is 5.91 Å². The topological polar surface area (TPSA) is 58.4 Å². The Balaban J connectivity index is 2.29. The van der Waals surface area contributed by atoms with Gasteiger partial charge in [0.1, 0.15) is 0 Å². The first kappa shape index (κ1) is 13.7. The van der Waals surface area contributed by atoms with E-state index < -0.39 is 0 Å². The highest BCUT2D eigenvalue weighted by Crippen LogP contribution is 2.33. The molecule has 0 unspecified atom stereocenters. The summed E-state index contributed by atoms with van der Waals surface area (Å²) in [5, 5.41) is 2.88. The summed E-state index contributed by atoms with van der Waals surface area (Å²) in [4.78, 5) is 13.7. The average Bonchev–Trinajstić information content (AvgIpc) is 2.26. The van der Waals surface area contributed by atoms with E-state index in [1.165, 1.54) is 13.3 Å². The van der Waals surface area contributed by atoms with E-state index in [0.717, 1.165) is 24.5 Å². The molecular weight excluding hydrogens is 238 g/mol. The molecule has 1 saturated heterocycles. The molecule has 0 aliphatic carbocycles. The highest BCUT2D eigenvalue weighted by molar-refractivity contribution is 5.93. The number of nitrogen functional groups attached to an aromatic ring is 1. The van der Waals surface area contributed by atoms with E-state index >= 15 is 0 Å². The van der Waals surface area contributed by atoms with Crippen molar-refractivity contribution in [1.29, 1.82) is 0 Å². The Labute approximate surface area is 115 Å². The predicted octanol–water partition coefficient (Wildman–Crippen LogP) is 2.71. The third-order valence-corrected chi connectivity index (χ3v) is 3.54. The molecule has 2 rings (SSSR count). The van der Waals surface area contributed by atoms with Crippen LogP contribution in [0.4, 0.5) is 17.1 Å². The second-order valence-corrected chi connectivity index (χ2v) is 5.81. The summed E-state index contributed by atoms with van der Waals surface area (Å²) in [7, 11) is 0. The molecule has 19 heavy (non-hydrogen) atoms. The zero-order valence-corrected chi connectivity index (χ0v) is 11.9. The molecular formula is C15H23N3O. The van der Waals surface area contributed by atoms with Gasteiger partial charge in [-0.15, -0.1) is 0 Å². The normalized spacial score (nSPS) is 23.2. The molecule has 1 fully saturated rings. The van der Waals surface area contributed by atoms with E-state index in [0.29, 0.717) is 17.5 Å². The van der Waals surface area contributed by atoms with E-state index in [1.807, 2.05) is 18.2 Å². The molecule has 0 radical (unpaired) electrons. The number of piperidine rings is 1. The Hall–Kier alpha value is -1.71. The molecule has 104 valence electrons. The molecule has 4 heteroatoms. The number of hydrogen-bond acceptors (Lipinski definition) is 3. The SMILES string of the molecule is CC(=O)Nc1cc(N)ccc1N1C[C@H](C)C[C@H](C)C1. The molecule has 1 aromatic carbocycles. The zero-order valence-electron chi connectivity index (χ0n) is 11.9. The summed E-state index contributed by atoms with van der Waals surface area (Å²) in [5.74, 6) is 1.28. The number of rotatable bonds is 2. The van der Waals surface area contributed by atoms with Crippen LogP contribution in [0.5, 0.6) is 0 Å². The summed E-state index contributed by atoms with van der Waals surface area (Å²) in [6.45, 7) is 8.13. The standard InChI is InChI=1S/C15H23N3O/c1-10-6-11(2)9-18(8-10)15-5-4-13(16)7-14(15)17-12(3)19/h4-5,7,10-11H,6,8-9,16H2,1-3H3,(H,17,19)/t10-,11+. The van der Waals surface area contributed by atoms with Gasteiger partial charge in [0.2, 0.25) is 5.91 Å². The first-order valence-electron chi connectivity index (χ1n) is 6.87. The fraction of sp³-hybridized carbons (Fsp3) is 0.533. The number of nitrogens with two attached hydrogens (primary N) is 1. The predicted molar refractivity (Wildman–Crippen MR) is 80.3 cm³/mol. The Morgan fingerprint density at radius 2 is 1.95 bits per heavy atom. The van der Waals surface area contributed by atoms with E-state index in [2.05, 4.69) is 24.1 Å². The number of carbonyl (C=O) groups excluding carboxylic acids is 1. The lowest BCUT2D eigenvalue weighted by molar-refractivity contribution is -0.114. The molecule has 1 aromatic rings. The van der Waals surface area contributed by atoms with Gasteiger partial charge in [-0.3, -0.25) is 4.79 Å². The number of benzene rings is 1. The Morgan fingerprint density at radius 3 is 2.53 bits per heavy atom. The lowest BCUT2D eigenvalue weighted by Crippen LogP contribution is -2.39. The minimum absolute atomic E-state index is 0.0649. The van der Waals surface area contributed by atoms with Crippen molar-refractivity contribution >= 4 is 23.0 Å². The maximum Gasteiger partial charge on any atom is 0.221 e. The van der Waals surface area contributed by atoms with Gasteiger partial charge in [-0.2, -0.15) is 0 Å². The largest absolute Gasteiger partial charge is 0.399 e. The second-order valence-electron chi connectivity index (χ2n) is 5.81. The average molecular weight is 261 g/mol. The minimum Gasteiger partial charge on any atom is -0.399 e. The van der Waals surface area contributed by atoms with Gasteiger partial charge in [-0.25, -0.2) is 0 Å². The van der Waals surface area contributed by atoms with Gasteiger partial charge in [0.25, 0.3) is 0 Å². The maximum atomic E-state index is 11.3. The Bertz CT molecular complexity index is 462. The number of nitrogens with zero attached hydrogens (tertiary/aromatic N) is 1. The Morgan fingerprint density at radius 1 is 1.32 bits per heavy atom. The first-order valence-corrected chi connectivity index (χ1v) is 6.87. The molecule has 1 aliphatic rings. The number of nitrogens with one attached hydrogen (secondary N) is 1. The van der Waals surface area contributed by atoms with Crippen molar-refractivity contribution in [3.8, 4) is 0 Å². The van der Waals surface area contributed by atoms with Crippen LogP contribution in [0, 0.1) is 11.8 Å². The lowest BCUT2D eigenvalue weighted by atomic mass is 9.91. The zero-order chi connectivity index (χ0) is 14.0. The van der Waals surface area contributed by atoms with Gasteiger partial charge in [0.05, 0.1) is 11.4 Å². The van der Waals surface area contributed by atoms with E-state index in [1.54, 1.807) is 0 Å². The molecule has 0 spiro atoms. The minimum atomic E-state index is -0.0649. The highest BCUT2D eigenvalue weighted by Gasteiger charge is 2.23. The summed E-state index contributed by atoms with van der Waals surface area (Å²) in [6, 6.07) is 5.73. The van der Waals surface area contributed by atoms with Crippen LogP contribution < -0.4 is 16.0 Å². The van der Waals surface area contributed by atoms with Gasteiger partial charge >= 0.3 is 0 Å². The van der Waals surface area contributed by atoms with Crippen molar-refractivity contribution in [3.63, 3.8) is 0 Å². The maximum absolute atomic E-state index is 11.3. The molecule has 0 bridgehead atoms. The number of carbonyl (C=O) groups is 1. The summed E-state index contributed by atoms with van der Waals surface area (Å²) in [5.41, 5.74) is 8.38. The number of hydrogen-bond donors (Lipinski definition) is 2.